The first-order chi connectivity index (χ1) is 14.9. The average Bonchev–Trinajstić information content (AvgIpc) is 3.22. The second-order valence-electron chi connectivity index (χ2n) is 8.19. The van der Waals surface area contributed by atoms with Crippen LogP contribution in [0.5, 0.6) is 0 Å². The maximum atomic E-state index is 13.6. The first kappa shape index (κ1) is 19.4. The number of rotatable bonds is 3. The Bertz CT molecular complexity index is 1170. The highest BCUT2D eigenvalue weighted by molar-refractivity contribution is 6.25. The first-order valence-corrected chi connectivity index (χ1v) is 10.1. The molecule has 2 aromatic carbocycles. The van der Waals surface area contributed by atoms with Gasteiger partial charge in [-0.3, -0.25) is 19.4 Å². The van der Waals surface area contributed by atoms with Crippen molar-refractivity contribution in [2.45, 2.75) is 25.9 Å². The minimum Gasteiger partial charge on any atom is -0.292 e. The van der Waals surface area contributed by atoms with Gasteiger partial charge in [0.15, 0.2) is 5.78 Å². The van der Waals surface area contributed by atoms with Gasteiger partial charge in [-0.1, -0.05) is 23.8 Å². The summed E-state index contributed by atoms with van der Waals surface area (Å²) in [5, 5.41) is 5.87. The summed E-state index contributed by atoms with van der Waals surface area (Å²) in [7, 11) is 0. The van der Waals surface area contributed by atoms with Gasteiger partial charge >= 0.3 is 0 Å². The van der Waals surface area contributed by atoms with Gasteiger partial charge in [0, 0.05) is 11.8 Å². The smallest absolute Gasteiger partial charge is 0.240 e. The van der Waals surface area contributed by atoms with Crippen LogP contribution in [0.3, 0.4) is 0 Å². The molecule has 0 aliphatic carbocycles. The molecule has 2 amide bonds. The zero-order valence-corrected chi connectivity index (χ0v) is 17.0. The van der Waals surface area contributed by atoms with E-state index < -0.39 is 35.6 Å². The molecule has 2 aromatic rings. The lowest BCUT2D eigenvalue weighted by Gasteiger charge is -2.30. The third-order valence-corrected chi connectivity index (χ3v) is 6.28. The van der Waals surface area contributed by atoms with Gasteiger partial charge < -0.3 is 0 Å². The Morgan fingerprint density at radius 1 is 1.00 bits per heavy atom. The van der Waals surface area contributed by atoms with Crippen LogP contribution in [-0.4, -0.2) is 40.9 Å². The highest BCUT2D eigenvalue weighted by Crippen LogP contribution is 2.46. The highest BCUT2D eigenvalue weighted by Gasteiger charge is 2.64. The molecule has 0 bridgehead atoms. The van der Waals surface area contributed by atoms with Crippen molar-refractivity contribution in [2.75, 3.05) is 4.90 Å². The van der Waals surface area contributed by atoms with E-state index in [4.69, 9.17) is 0 Å². The molecule has 4 atom stereocenters. The van der Waals surface area contributed by atoms with Crippen LogP contribution in [0.4, 0.5) is 10.1 Å². The van der Waals surface area contributed by atoms with E-state index in [9.17, 15) is 18.8 Å². The number of hydrogen-bond donors (Lipinski definition) is 0. The van der Waals surface area contributed by atoms with Gasteiger partial charge in [-0.2, -0.15) is 5.10 Å². The lowest BCUT2D eigenvalue weighted by atomic mass is 9.86. The van der Waals surface area contributed by atoms with Gasteiger partial charge in [0.25, 0.3) is 0 Å². The van der Waals surface area contributed by atoms with Crippen LogP contribution in [-0.2, 0) is 9.59 Å². The van der Waals surface area contributed by atoms with Crippen molar-refractivity contribution in [1.82, 2.24) is 5.01 Å². The monoisotopic (exact) mass is 417 g/mol. The Morgan fingerprint density at radius 2 is 1.71 bits per heavy atom. The normalized spacial score (nSPS) is 26.4. The maximum Gasteiger partial charge on any atom is 0.240 e. The van der Waals surface area contributed by atoms with Crippen LogP contribution in [0.1, 0.15) is 21.5 Å². The zero-order valence-electron chi connectivity index (χ0n) is 17.0. The van der Waals surface area contributed by atoms with Gasteiger partial charge in [0.05, 0.1) is 23.6 Å². The number of allylic oxidation sites excluding steroid dienone is 1. The number of hydrogen-bond acceptors (Lipinski definition) is 5. The molecule has 2 saturated heterocycles. The quantitative estimate of drug-likeness (QED) is 0.569. The Balaban J connectivity index is 1.59. The third kappa shape index (κ3) is 2.84. The number of imide groups is 1. The number of carbonyl (C=O) groups is 3. The second-order valence-corrected chi connectivity index (χ2v) is 8.19. The summed E-state index contributed by atoms with van der Waals surface area (Å²) < 4.78 is 13.4. The van der Waals surface area contributed by atoms with Crippen molar-refractivity contribution in [3.05, 3.63) is 77.1 Å². The summed E-state index contributed by atoms with van der Waals surface area (Å²) in [4.78, 5) is 41.7. The first-order valence-electron chi connectivity index (χ1n) is 10.1. The topological polar surface area (TPSA) is 70.1 Å². The van der Waals surface area contributed by atoms with E-state index in [1.54, 1.807) is 29.4 Å². The van der Waals surface area contributed by atoms with E-state index in [1.165, 1.54) is 29.2 Å². The number of amides is 2. The Labute approximate surface area is 178 Å². The summed E-state index contributed by atoms with van der Waals surface area (Å²) in [5.41, 5.74) is 2.66. The molecule has 3 aliphatic rings. The molecule has 2 fully saturated rings. The molecule has 0 radical (unpaired) electrons. The van der Waals surface area contributed by atoms with Gasteiger partial charge in [0.2, 0.25) is 11.8 Å². The molecule has 156 valence electrons. The van der Waals surface area contributed by atoms with Crippen molar-refractivity contribution in [1.29, 1.82) is 0 Å². The minimum atomic E-state index is -0.936. The SMILES string of the molecule is Cc1ccc(N2C(=O)C3C(C2=O)C(C(=O)c2ccc(F)cc2)N2N=CC=CC32)c(C)c1. The number of anilines is 1. The number of ketones is 1. The predicted octanol–water partition coefficient (Wildman–Crippen LogP) is 3.04. The molecule has 0 saturated carbocycles. The Morgan fingerprint density at radius 3 is 2.42 bits per heavy atom. The van der Waals surface area contributed by atoms with Gasteiger partial charge in [0.1, 0.15) is 11.9 Å². The Hall–Kier alpha value is -3.61. The van der Waals surface area contributed by atoms with E-state index in [0.29, 0.717) is 5.69 Å². The van der Waals surface area contributed by atoms with Crippen molar-refractivity contribution in [2.24, 2.45) is 16.9 Å². The van der Waals surface area contributed by atoms with Crippen molar-refractivity contribution in [3.8, 4) is 0 Å². The number of aryl methyl sites for hydroxylation is 2. The number of hydrazone groups is 1. The molecule has 3 aliphatic heterocycles. The fourth-order valence-electron chi connectivity index (χ4n) is 4.92. The Kier molecular flexibility index (Phi) is 4.36. The second kappa shape index (κ2) is 6.97. The summed E-state index contributed by atoms with van der Waals surface area (Å²) in [6, 6.07) is 9.33. The van der Waals surface area contributed by atoms with Crippen LogP contribution in [0.25, 0.3) is 0 Å². The summed E-state index contributed by atoms with van der Waals surface area (Å²) in [5.74, 6) is -3.11. The van der Waals surface area contributed by atoms with Crippen LogP contribution < -0.4 is 4.90 Å². The minimum absolute atomic E-state index is 0.278. The van der Waals surface area contributed by atoms with Gasteiger partial charge in [-0.05, 0) is 55.8 Å². The number of halogens is 1. The number of fused-ring (bicyclic) bond motifs is 3. The fourth-order valence-corrected chi connectivity index (χ4v) is 4.92. The maximum absolute atomic E-state index is 13.6. The lowest BCUT2D eigenvalue weighted by Crippen LogP contribution is -2.46. The molecule has 31 heavy (non-hydrogen) atoms. The summed E-state index contributed by atoms with van der Waals surface area (Å²) in [6.07, 6.45) is 5.07. The van der Waals surface area contributed by atoms with E-state index in [0.717, 1.165) is 11.1 Å². The van der Waals surface area contributed by atoms with E-state index in [2.05, 4.69) is 5.10 Å². The molecule has 3 heterocycles. The van der Waals surface area contributed by atoms with E-state index >= 15 is 0 Å². The molecule has 6 nitrogen and oxygen atoms in total. The molecular weight excluding hydrogens is 397 g/mol. The predicted molar refractivity (Wildman–Crippen MR) is 113 cm³/mol. The van der Waals surface area contributed by atoms with Crippen LogP contribution in [0, 0.1) is 31.5 Å². The lowest BCUT2D eigenvalue weighted by molar-refractivity contribution is -0.123. The largest absolute Gasteiger partial charge is 0.292 e. The van der Waals surface area contributed by atoms with Crippen molar-refractivity contribution in [3.63, 3.8) is 0 Å². The number of Topliss-reactive ketones (excluding diaryl/α,β-unsaturated/α-hetero) is 1. The van der Waals surface area contributed by atoms with Crippen molar-refractivity contribution >= 4 is 29.5 Å². The number of carbonyl (C=O) groups excluding carboxylic acids is 3. The van der Waals surface area contributed by atoms with Crippen LogP contribution >= 0.6 is 0 Å². The van der Waals surface area contributed by atoms with Crippen LogP contribution in [0.15, 0.2) is 59.7 Å². The molecule has 4 unspecified atom stereocenters. The van der Waals surface area contributed by atoms with E-state index in [-0.39, 0.29) is 17.3 Å². The number of benzene rings is 2. The standard InChI is InChI=1S/C24H20FN3O3/c1-13-5-10-17(14(2)12-13)27-23(30)19-18-4-3-11-26-28(18)21(20(19)24(27)31)22(29)15-6-8-16(25)9-7-15/h3-12,18-21H,1-2H3. The van der Waals surface area contributed by atoms with Crippen molar-refractivity contribution < 1.29 is 18.8 Å². The molecular formula is C24H20FN3O3. The molecule has 7 heteroatoms. The summed E-state index contributed by atoms with van der Waals surface area (Å²) in [6.45, 7) is 3.80. The van der Waals surface area contributed by atoms with Gasteiger partial charge in [-0.15, -0.1) is 0 Å². The van der Waals surface area contributed by atoms with Gasteiger partial charge in [-0.25, -0.2) is 9.29 Å². The van der Waals surface area contributed by atoms with E-state index in [1.807, 2.05) is 26.0 Å². The molecule has 0 spiro atoms. The zero-order chi connectivity index (χ0) is 21.9. The molecule has 0 N–H and O–H groups in total. The van der Waals surface area contributed by atoms with Crippen LogP contribution in [0.2, 0.25) is 0 Å². The summed E-state index contributed by atoms with van der Waals surface area (Å²) >= 11 is 0. The average molecular weight is 417 g/mol. The molecule has 0 aromatic heterocycles. The fraction of sp³-hybridized carbons (Fsp3) is 0.250. The third-order valence-electron chi connectivity index (χ3n) is 6.28. The number of nitrogens with zero attached hydrogens (tertiary/aromatic N) is 3. The molecule has 5 rings (SSSR count). The highest BCUT2D eigenvalue weighted by atomic mass is 19.1.